The zero-order chi connectivity index (χ0) is 16.4. The van der Waals surface area contributed by atoms with Crippen LogP contribution in [-0.2, 0) is 9.53 Å². The Hall–Kier alpha value is -1.66. The second kappa shape index (κ2) is 6.45. The van der Waals surface area contributed by atoms with Crippen LogP contribution < -0.4 is 15.4 Å². The van der Waals surface area contributed by atoms with Crippen molar-refractivity contribution in [3.05, 3.63) is 29.6 Å². The summed E-state index contributed by atoms with van der Waals surface area (Å²) < 4.78 is 24.7. The monoisotopic (exact) mass is 322 g/mol. The molecule has 0 saturated carbocycles. The van der Waals surface area contributed by atoms with Gasteiger partial charge in [0, 0.05) is 37.1 Å². The average molecular weight is 322 g/mol. The van der Waals surface area contributed by atoms with E-state index in [1.807, 2.05) is 13.8 Å². The fourth-order valence-corrected chi connectivity index (χ4v) is 3.18. The molecule has 6 heteroatoms. The minimum Gasteiger partial charge on any atom is -0.487 e. The molecule has 1 amide bonds. The predicted octanol–water partition coefficient (Wildman–Crippen LogP) is 1.92. The van der Waals surface area contributed by atoms with Crippen LogP contribution in [0.1, 0.15) is 38.3 Å². The Bertz CT molecular complexity index is 585. The Kier molecular flexibility index (Phi) is 4.55. The molecule has 0 spiro atoms. The molecule has 2 N–H and O–H groups in total. The lowest BCUT2D eigenvalue weighted by atomic mass is 9.89. The molecule has 1 aromatic carbocycles. The van der Waals surface area contributed by atoms with E-state index >= 15 is 0 Å². The van der Waals surface area contributed by atoms with E-state index < -0.39 is 5.60 Å². The number of ether oxygens (including phenoxy) is 2. The first-order chi connectivity index (χ1) is 10.9. The van der Waals surface area contributed by atoms with Crippen molar-refractivity contribution in [2.24, 2.45) is 0 Å². The van der Waals surface area contributed by atoms with E-state index in [-0.39, 0.29) is 23.8 Å². The molecule has 126 valence electrons. The van der Waals surface area contributed by atoms with Crippen LogP contribution in [0.3, 0.4) is 0 Å². The van der Waals surface area contributed by atoms with Gasteiger partial charge in [0.15, 0.2) is 0 Å². The minimum absolute atomic E-state index is 0.0361. The molecule has 1 aromatic rings. The molecule has 2 unspecified atom stereocenters. The van der Waals surface area contributed by atoms with E-state index in [0.717, 1.165) is 12.1 Å². The summed E-state index contributed by atoms with van der Waals surface area (Å²) in [6, 6.07) is 4.34. The smallest absolute Gasteiger partial charge is 0.222 e. The minimum atomic E-state index is -0.453. The molecule has 23 heavy (non-hydrogen) atoms. The van der Waals surface area contributed by atoms with Crippen LogP contribution in [0.5, 0.6) is 5.75 Å². The lowest BCUT2D eigenvalue weighted by molar-refractivity contribution is -0.123. The summed E-state index contributed by atoms with van der Waals surface area (Å²) in [7, 11) is 0. The highest BCUT2D eigenvalue weighted by molar-refractivity contribution is 5.77. The van der Waals surface area contributed by atoms with Gasteiger partial charge in [0.05, 0.1) is 19.3 Å². The molecule has 2 atom stereocenters. The molecule has 0 radical (unpaired) electrons. The van der Waals surface area contributed by atoms with Gasteiger partial charge in [-0.1, -0.05) is 6.07 Å². The Balaban J connectivity index is 1.70. The predicted molar refractivity (Wildman–Crippen MR) is 83.8 cm³/mol. The second-order valence-electron chi connectivity index (χ2n) is 6.80. The van der Waals surface area contributed by atoms with Crippen molar-refractivity contribution < 1.29 is 18.7 Å². The Labute approximate surface area is 135 Å². The van der Waals surface area contributed by atoms with Crippen LogP contribution in [0.15, 0.2) is 18.2 Å². The molecular weight excluding hydrogens is 299 g/mol. The molecule has 2 aliphatic heterocycles. The summed E-state index contributed by atoms with van der Waals surface area (Å²) in [4.78, 5) is 12.3. The number of rotatable bonds is 3. The average Bonchev–Trinajstić information content (AvgIpc) is 2.46. The van der Waals surface area contributed by atoms with E-state index in [0.29, 0.717) is 31.8 Å². The van der Waals surface area contributed by atoms with Gasteiger partial charge >= 0.3 is 0 Å². The quantitative estimate of drug-likeness (QED) is 0.893. The summed E-state index contributed by atoms with van der Waals surface area (Å²) in [5.41, 5.74) is 0.372. The summed E-state index contributed by atoms with van der Waals surface area (Å²) >= 11 is 0. The largest absolute Gasteiger partial charge is 0.487 e. The highest BCUT2D eigenvalue weighted by atomic mass is 19.1. The standard InChI is InChI=1S/C17H23FN2O3/c1-17(2)9-14(13-4-3-11(18)7-15(13)23-17)20-16(21)8-12-10-22-6-5-19-12/h3-4,7,12,14,19H,5-6,8-10H2,1-2H3,(H,20,21). The summed E-state index contributed by atoms with van der Waals surface area (Å²) in [5.74, 6) is 0.131. The third-order valence-corrected chi connectivity index (χ3v) is 4.20. The maximum absolute atomic E-state index is 13.5. The number of hydrogen-bond acceptors (Lipinski definition) is 4. The van der Waals surface area contributed by atoms with Crippen molar-refractivity contribution in [1.82, 2.24) is 10.6 Å². The molecule has 2 aliphatic rings. The molecule has 1 saturated heterocycles. The van der Waals surface area contributed by atoms with E-state index in [1.165, 1.54) is 12.1 Å². The number of morpholine rings is 1. The molecule has 0 bridgehead atoms. The van der Waals surface area contributed by atoms with Crippen LogP contribution in [-0.4, -0.2) is 37.3 Å². The lowest BCUT2D eigenvalue weighted by Crippen LogP contribution is -2.46. The van der Waals surface area contributed by atoms with Gasteiger partial charge in [0.1, 0.15) is 17.2 Å². The van der Waals surface area contributed by atoms with E-state index in [9.17, 15) is 9.18 Å². The first kappa shape index (κ1) is 16.2. The topological polar surface area (TPSA) is 59.6 Å². The van der Waals surface area contributed by atoms with E-state index in [4.69, 9.17) is 9.47 Å². The highest BCUT2D eigenvalue weighted by Gasteiger charge is 2.35. The Morgan fingerprint density at radius 1 is 1.48 bits per heavy atom. The van der Waals surface area contributed by atoms with Crippen molar-refractivity contribution in [3.8, 4) is 5.75 Å². The number of halogens is 1. The van der Waals surface area contributed by atoms with Gasteiger partial charge in [-0.3, -0.25) is 4.79 Å². The van der Waals surface area contributed by atoms with Crippen LogP contribution >= 0.6 is 0 Å². The van der Waals surface area contributed by atoms with Gasteiger partial charge < -0.3 is 20.1 Å². The second-order valence-corrected chi connectivity index (χ2v) is 6.80. The molecular formula is C17H23FN2O3. The van der Waals surface area contributed by atoms with Crippen LogP contribution in [0.25, 0.3) is 0 Å². The molecule has 1 fully saturated rings. The van der Waals surface area contributed by atoms with Crippen molar-refractivity contribution in [2.45, 2.75) is 44.4 Å². The van der Waals surface area contributed by atoms with Gasteiger partial charge in [0.25, 0.3) is 0 Å². The Morgan fingerprint density at radius 3 is 3.04 bits per heavy atom. The fourth-order valence-electron chi connectivity index (χ4n) is 3.18. The molecule has 2 heterocycles. The molecule has 0 aliphatic carbocycles. The fraction of sp³-hybridized carbons (Fsp3) is 0.588. The molecule has 0 aromatic heterocycles. The van der Waals surface area contributed by atoms with Crippen LogP contribution in [0.2, 0.25) is 0 Å². The van der Waals surface area contributed by atoms with E-state index in [2.05, 4.69) is 10.6 Å². The maximum atomic E-state index is 13.5. The first-order valence-electron chi connectivity index (χ1n) is 8.02. The zero-order valence-electron chi connectivity index (χ0n) is 13.5. The van der Waals surface area contributed by atoms with E-state index in [1.54, 1.807) is 6.07 Å². The number of carbonyl (C=O) groups excluding carboxylic acids is 1. The molecule has 3 rings (SSSR count). The third-order valence-electron chi connectivity index (χ3n) is 4.20. The number of benzene rings is 1. The number of hydrogen-bond donors (Lipinski definition) is 2. The summed E-state index contributed by atoms with van der Waals surface area (Å²) in [6.07, 6.45) is 1.01. The lowest BCUT2D eigenvalue weighted by Gasteiger charge is -2.38. The van der Waals surface area contributed by atoms with Crippen molar-refractivity contribution in [2.75, 3.05) is 19.8 Å². The Morgan fingerprint density at radius 2 is 2.30 bits per heavy atom. The van der Waals surface area contributed by atoms with Crippen LogP contribution in [0, 0.1) is 5.82 Å². The van der Waals surface area contributed by atoms with Crippen molar-refractivity contribution >= 4 is 5.91 Å². The first-order valence-corrected chi connectivity index (χ1v) is 8.02. The number of nitrogens with one attached hydrogen (secondary N) is 2. The highest BCUT2D eigenvalue weighted by Crippen LogP contribution is 2.39. The molecule has 5 nitrogen and oxygen atoms in total. The third kappa shape index (κ3) is 4.00. The SMILES string of the molecule is CC1(C)CC(NC(=O)CC2COCCN2)c2ccc(F)cc2O1. The van der Waals surface area contributed by atoms with Gasteiger partial charge in [-0.2, -0.15) is 0 Å². The summed E-state index contributed by atoms with van der Waals surface area (Å²) in [6.45, 7) is 5.89. The number of carbonyl (C=O) groups is 1. The van der Waals surface area contributed by atoms with Crippen LogP contribution in [0.4, 0.5) is 4.39 Å². The van der Waals surface area contributed by atoms with Crippen molar-refractivity contribution in [1.29, 1.82) is 0 Å². The van der Waals surface area contributed by atoms with Gasteiger partial charge in [-0.15, -0.1) is 0 Å². The van der Waals surface area contributed by atoms with Gasteiger partial charge in [0.2, 0.25) is 5.91 Å². The maximum Gasteiger partial charge on any atom is 0.222 e. The van der Waals surface area contributed by atoms with Gasteiger partial charge in [-0.25, -0.2) is 4.39 Å². The van der Waals surface area contributed by atoms with Gasteiger partial charge in [-0.05, 0) is 19.9 Å². The normalized spacial score (nSPS) is 26.0. The van der Waals surface area contributed by atoms with Crippen molar-refractivity contribution in [3.63, 3.8) is 0 Å². The number of fused-ring (bicyclic) bond motifs is 1. The zero-order valence-corrected chi connectivity index (χ0v) is 13.5. The number of amides is 1. The summed E-state index contributed by atoms with van der Waals surface area (Å²) in [5, 5.41) is 6.33.